The predicted molar refractivity (Wildman–Crippen MR) is 85.1 cm³/mol. The summed E-state index contributed by atoms with van der Waals surface area (Å²) in [6.07, 6.45) is 3.23. The van der Waals surface area contributed by atoms with Crippen molar-refractivity contribution >= 4 is 11.9 Å². The molecule has 0 bridgehead atoms. The van der Waals surface area contributed by atoms with E-state index in [2.05, 4.69) is 15.3 Å². The number of carbonyl (C=O) groups excluding carboxylic acids is 1. The van der Waals surface area contributed by atoms with Crippen LogP contribution in [0.3, 0.4) is 0 Å². The minimum absolute atomic E-state index is 0.0394. The van der Waals surface area contributed by atoms with Gasteiger partial charge in [-0.1, -0.05) is 29.8 Å². The molecule has 1 unspecified atom stereocenters. The Hall–Kier alpha value is -2.76. The minimum atomic E-state index is -0.943. The van der Waals surface area contributed by atoms with Crippen LogP contribution in [0.25, 0.3) is 0 Å². The standard InChI is InChI=1S/C17H19N3O3/c1-11-4-3-5-13(6-11)7-14(17(22)23)9-20-16(21)15-10-18-12(2)8-19-15/h3-6,8,10,14H,7,9H2,1-2H3,(H,20,21)(H,22,23). The van der Waals surface area contributed by atoms with E-state index in [4.69, 9.17) is 0 Å². The molecule has 2 N–H and O–H groups in total. The van der Waals surface area contributed by atoms with E-state index in [1.807, 2.05) is 31.2 Å². The van der Waals surface area contributed by atoms with E-state index in [9.17, 15) is 14.7 Å². The fourth-order valence-corrected chi connectivity index (χ4v) is 2.19. The summed E-state index contributed by atoms with van der Waals surface area (Å²) in [7, 11) is 0. The number of hydrogen-bond acceptors (Lipinski definition) is 4. The molecule has 0 fully saturated rings. The fraction of sp³-hybridized carbons (Fsp3) is 0.294. The third kappa shape index (κ3) is 4.88. The van der Waals surface area contributed by atoms with Gasteiger partial charge >= 0.3 is 5.97 Å². The van der Waals surface area contributed by atoms with Gasteiger partial charge in [0.25, 0.3) is 5.91 Å². The van der Waals surface area contributed by atoms with E-state index in [1.165, 1.54) is 12.4 Å². The Bertz CT molecular complexity index is 698. The van der Waals surface area contributed by atoms with Gasteiger partial charge in [0.15, 0.2) is 0 Å². The van der Waals surface area contributed by atoms with E-state index < -0.39 is 17.8 Å². The van der Waals surface area contributed by atoms with Gasteiger partial charge in [0.2, 0.25) is 0 Å². The van der Waals surface area contributed by atoms with Crippen LogP contribution in [-0.2, 0) is 11.2 Å². The Kier molecular flexibility index (Phi) is 5.41. The van der Waals surface area contributed by atoms with Crippen molar-refractivity contribution in [3.05, 3.63) is 59.2 Å². The lowest BCUT2D eigenvalue weighted by molar-refractivity contribution is -0.141. The van der Waals surface area contributed by atoms with Gasteiger partial charge in [-0.15, -0.1) is 0 Å². The van der Waals surface area contributed by atoms with Crippen LogP contribution in [0.15, 0.2) is 36.7 Å². The quantitative estimate of drug-likeness (QED) is 0.848. The molecule has 2 rings (SSSR count). The largest absolute Gasteiger partial charge is 0.481 e. The Balaban J connectivity index is 1.98. The van der Waals surface area contributed by atoms with E-state index in [-0.39, 0.29) is 12.2 Å². The molecule has 1 heterocycles. The van der Waals surface area contributed by atoms with E-state index in [0.29, 0.717) is 12.1 Å². The zero-order valence-corrected chi connectivity index (χ0v) is 13.1. The minimum Gasteiger partial charge on any atom is -0.481 e. The van der Waals surface area contributed by atoms with Gasteiger partial charge in [0.1, 0.15) is 5.69 Å². The van der Waals surface area contributed by atoms with Crippen LogP contribution >= 0.6 is 0 Å². The molecular formula is C17H19N3O3. The summed E-state index contributed by atoms with van der Waals surface area (Å²) in [5, 5.41) is 12.0. The lowest BCUT2D eigenvalue weighted by atomic mass is 9.98. The van der Waals surface area contributed by atoms with Crippen LogP contribution in [0.5, 0.6) is 0 Å². The summed E-state index contributed by atoms with van der Waals surface area (Å²) < 4.78 is 0. The molecule has 0 spiro atoms. The highest BCUT2D eigenvalue weighted by Gasteiger charge is 2.20. The maximum atomic E-state index is 12.0. The molecule has 0 radical (unpaired) electrons. The number of aryl methyl sites for hydroxylation is 2. The van der Waals surface area contributed by atoms with Crippen molar-refractivity contribution in [2.24, 2.45) is 5.92 Å². The molecule has 1 aromatic heterocycles. The summed E-state index contributed by atoms with van der Waals surface area (Å²) in [5.41, 5.74) is 2.90. The van der Waals surface area contributed by atoms with Crippen molar-refractivity contribution in [1.82, 2.24) is 15.3 Å². The van der Waals surface area contributed by atoms with Crippen molar-refractivity contribution in [2.75, 3.05) is 6.54 Å². The molecule has 0 saturated heterocycles. The van der Waals surface area contributed by atoms with E-state index in [0.717, 1.165) is 11.1 Å². The summed E-state index contributed by atoms with van der Waals surface area (Å²) >= 11 is 0. The second kappa shape index (κ2) is 7.49. The van der Waals surface area contributed by atoms with Crippen molar-refractivity contribution in [2.45, 2.75) is 20.3 Å². The second-order valence-electron chi connectivity index (χ2n) is 5.48. The number of rotatable bonds is 6. The van der Waals surface area contributed by atoms with Crippen LogP contribution < -0.4 is 5.32 Å². The molecule has 0 aliphatic heterocycles. The molecule has 0 aliphatic rings. The Morgan fingerprint density at radius 2 is 2.00 bits per heavy atom. The first-order chi connectivity index (χ1) is 11.0. The highest BCUT2D eigenvalue weighted by atomic mass is 16.4. The molecule has 0 aliphatic carbocycles. The van der Waals surface area contributed by atoms with Crippen LogP contribution in [0.1, 0.15) is 27.3 Å². The molecule has 120 valence electrons. The Labute approximate surface area is 134 Å². The number of hydrogen-bond donors (Lipinski definition) is 2. The van der Waals surface area contributed by atoms with Gasteiger partial charge in [-0.25, -0.2) is 4.98 Å². The number of aromatic nitrogens is 2. The topological polar surface area (TPSA) is 92.2 Å². The summed E-state index contributed by atoms with van der Waals surface area (Å²) in [6, 6.07) is 7.68. The maximum absolute atomic E-state index is 12.0. The summed E-state index contributed by atoms with van der Waals surface area (Å²) in [4.78, 5) is 31.4. The molecule has 23 heavy (non-hydrogen) atoms. The van der Waals surface area contributed by atoms with Gasteiger partial charge in [0, 0.05) is 12.7 Å². The lowest BCUT2D eigenvalue weighted by Crippen LogP contribution is -2.34. The smallest absolute Gasteiger partial charge is 0.308 e. The molecule has 2 aromatic rings. The van der Waals surface area contributed by atoms with Crippen molar-refractivity contribution in [3.63, 3.8) is 0 Å². The van der Waals surface area contributed by atoms with Crippen LogP contribution in [0.4, 0.5) is 0 Å². The lowest BCUT2D eigenvalue weighted by Gasteiger charge is -2.13. The first-order valence-corrected chi connectivity index (χ1v) is 7.31. The normalized spacial score (nSPS) is 11.7. The Morgan fingerprint density at radius 1 is 1.22 bits per heavy atom. The second-order valence-corrected chi connectivity index (χ2v) is 5.48. The molecule has 0 saturated carbocycles. The monoisotopic (exact) mass is 313 g/mol. The number of aliphatic carboxylic acids is 1. The van der Waals surface area contributed by atoms with Crippen molar-refractivity contribution in [3.8, 4) is 0 Å². The number of carboxylic acids is 1. The third-order valence-corrected chi connectivity index (χ3v) is 3.44. The molecule has 1 atom stereocenters. The number of benzene rings is 1. The number of amides is 1. The fourth-order valence-electron chi connectivity index (χ4n) is 2.19. The molecule has 6 heteroatoms. The Morgan fingerprint density at radius 3 is 2.61 bits per heavy atom. The number of carbonyl (C=O) groups is 2. The molecule has 6 nitrogen and oxygen atoms in total. The average molecular weight is 313 g/mol. The number of nitrogens with one attached hydrogen (secondary N) is 1. The third-order valence-electron chi connectivity index (χ3n) is 3.44. The van der Waals surface area contributed by atoms with Crippen LogP contribution in [0.2, 0.25) is 0 Å². The first kappa shape index (κ1) is 16.6. The zero-order chi connectivity index (χ0) is 16.8. The van der Waals surface area contributed by atoms with Crippen molar-refractivity contribution in [1.29, 1.82) is 0 Å². The van der Waals surface area contributed by atoms with E-state index >= 15 is 0 Å². The average Bonchev–Trinajstić information content (AvgIpc) is 2.51. The van der Waals surface area contributed by atoms with Crippen LogP contribution in [-0.4, -0.2) is 33.5 Å². The SMILES string of the molecule is Cc1cccc(CC(CNC(=O)c2cnc(C)cn2)C(=O)O)c1. The highest BCUT2D eigenvalue weighted by molar-refractivity contribution is 5.92. The molecule has 1 aromatic carbocycles. The summed E-state index contributed by atoms with van der Waals surface area (Å²) in [5.74, 6) is -2.06. The number of carboxylic acid groups (broad SMARTS) is 1. The van der Waals surface area contributed by atoms with Gasteiger partial charge in [-0.2, -0.15) is 0 Å². The first-order valence-electron chi connectivity index (χ1n) is 7.31. The summed E-state index contributed by atoms with van der Waals surface area (Å²) in [6.45, 7) is 3.77. The van der Waals surface area contributed by atoms with Gasteiger partial charge < -0.3 is 10.4 Å². The van der Waals surface area contributed by atoms with Crippen LogP contribution in [0, 0.1) is 19.8 Å². The zero-order valence-electron chi connectivity index (χ0n) is 13.1. The van der Waals surface area contributed by atoms with E-state index in [1.54, 1.807) is 6.92 Å². The van der Waals surface area contributed by atoms with Gasteiger partial charge in [0.05, 0.1) is 17.8 Å². The maximum Gasteiger partial charge on any atom is 0.308 e. The van der Waals surface area contributed by atoms with Gasteiger partial charge in [-0.05, 0) is 25.8 Å². The highest BCUT2D eigenvalue weighted by Crippen LogP contribution is 2.11. The van der Waals surface area contributed by atoms with Crippen molar-refractivity contribution < 1.29 is 14.7 Å². The predicted octanol–water partition coefficient (Wildman–Crippen LogP) is 1.77. The molecular weight excluding hydrogens is 294 g/mol. The molecule has 1 amide bonds. The number of nitrogens with zero attached hydrogens (tertiary/aromatic N) is 2. The van der Waals surface area contributed by atoms with Gasteiger partial charge in [-0.3, -0.25) is 14.6 Å².